The number of quaternary nitrogens is 4. The minimum atomic E-state index is -2.18. The summed E-state index contributed by atoms with van der Waals surface area (Å²) >= 11 is 0. The second-order valence-corrected chi connectivity index (χ2v) is 10.5. The summed E-state index contributed by atoms with van der Waals surface area (Å²) in [6, 6.07) is 1.14. The largest absolute Gasteiger partial charge is 0.545 e. The molecule has 0 unspecified atom stereocenters. The van der Waals surface area contributed by atoms with Crippen molar-refractivity contribution in [1.29, 1.82) is 0 Å². The fraction of sp³-hybridized carbons (Fsp3) is 0.706. The van der Waals surface area contributed by atoms with E-state index >= 15 is 0 Å². The van der Waals surface area contributed by atoms with E-state index in [1.54, 1.807) is 56.9 Å². The van der Waals surface area contributed by atoms with Gasteiger partial charge in [0, 0.05) is 79.1 Å². The third-order valence-electron chi connectivity index (χ3n) is 6.26. The zero-order valence-electron chi connectivity index (χ0n) is 33.3. The molecule has 20 heteroatoms. The van der Waals surface area contributed by atoms with E-state index in [9.17, 15) is 39.6 Å². The standard InChI is InChI=1S/C10H6O8.4C6H15NO2/c11-7(12)3-1-2-4(8(13)14)6(10(17)18)5(3)9(15)16;4*1-8-5-3-7-4-6-9-2/h1-2H,(H,11,12)(H,13,14)(H,15,16)(H,17,18);4*7H,3-6H2,1-2H3. The number of aromatic carboxylic acids is 4. The van der Waals surface area contributed by atoms with Crippen LogP contribution in [-0.2, 0) is 37.9 Å². The lowest BCUT2D eigenvalue weighted by molar-refractivity contribution is -0.657. The van der Waals surface area contributed by atoms with Gasteiger partial charge in [0.1, 0.15) is 0 Å². The fourth-order valence-corrected chi connectivity index (χ4v) is 3.55. The molecule has 1 rings (SSSR count). The molecule has 54 heavy (non-hydrogen) atoms. The third-order valence-corrected chi connectivity index (χ3v) is 6.26. The molecule has 0 saturated heterocycles. The van der Waals surface area contributed by atoms with Gasteiger partial charge >= 0.3 is 0 Å². The van der Waals surface area contributed by atoms with Crippen LogP contribution in [0.4, 0.5) is 0 Å². The molecular formula is C34H66N4O16. The molecule has 0 aliphatic carbocycles. The van der Waals surface area contributed by atoms with Crippen LogP contribution in [-0.4, -0.2) is 186 Å². The van der Waals surface area contributed by atoms with Crippen molar-refractivity contribution < 1.29 is 98.8 Å². The van der Waals surface area contributed by atoms with Gasteiger partial charge in [-0.05, 0) is 0 Å². The van der Waals surface area contributed by atoms with Gasteiger partial charge in [-0.25, -0.2) is 0 Å². The van der Waals surface area contributed by atoms with Gasteiger partial charge in [0.15, 0.2) is 0 Å². The Hall–Kier alpha value is -3.38. The maximum Gasteiger partial charge on any atom is 0.0993 e. The monoisotopic (exact) mass is 786 g/mol. The lowest BCUT2D eigenvalue weighted by Crippen LogP contribution is -2.86. The zero-order chi connectivity index (χ0) is 41.8. The van der Waals surface area contributed by atoms with Crippen molar-refractivity contribution in [2.45, 2.75) is 0 Å². The minimum Gasteiger partial charge on any atom is -0.545 e. The number of hydrogen-bond donors (Lipinski definition) is 4. The number of carboxylic acid groups (broad SMARTS) is 4. The Bertz CT molecular complexity index is 907. The lowest BCUT2D eigenvalue weighted by atomic mass is 9.95. The quantitative estimate of drug-likeness (QED) is 0.0573. The predicted octanol–water partition coefficient (Wildman–Crippen LogP) is -9.49. The van der Waals surface area contributed by atoms with E-state index < -0.39 is 46.1 Å². The molecule has 0 bridgehead atoms. The van der Waals surface area contributed by atoms with Crippen LogP contribution in [0, 0.1) is 0 Å². The minimum absolute atomic E-state index is 0.567. The Kier molecular flexibility index (Phi) is 48.6. The number of benzene rings is 1. The SMILES string of the molecule is COCC[NH2+]CCOC.COCC[NH2+]CCOC.COCC[NH2+]CCOC.COCC[NH2+]CCOC.O=C([O-])c1ccc(C(=O)[O-])c(C(=O)[O-])c1C(=O)[O-]. The summed E-state index contributed by atoms with van der Waals surface area (Å²) in [7, 11) is 13.7. The second kappa shape index (κ2) is 45.8. The highest BCUT2D eigenvalue weighted by molar-refractivity contribution is 6.12. The van der Waals surface area contributed by atoms with Crippen molar-refractivity contribution in [2.75, 3.05) is 162 Å². The van der Waals surface area contributed by atoms with Crippen molar-refractivity contribution in [2.24, 2.45) is 0 Å². The van der Waals surface area contributed by atoms with Crippen molar-refractivity contribution in [1.82, 2.24) is 0 Å². The molecule has 20 nitrogen and oxygen atoms in total. The van der Waals surface area contributed by atoms with E-state index in [0.29, 0.717) is 12.1 Å². The highest BCUT2D eigenvalue weighted by Gasteiger charge is 2.16. The van der Waals surface area contributed by atoms with Gasteiger partial charge < -0.3 is 98.8 Å². The van der Waals surface area contributed by atoms with Gasteiger partial charge in [0.05, 0.1) is 129 Å². The molecule has 0 radical (unpaired) electrons. The maximum absolute atomic E-state index is 10.7. The number of rotatable bonds is 28. The fourth-order valence-electron chi connectivity index (χ4n) is 3.55. The molecule has 318 valence electrons. The molecule has 0 heterocycles. The lowest BCUT2D eigenvalue weighted by Gasteiger charge is -2.20. The Morgan fingerprint density at radius 1 is 0.370 bits per heavy atom. The molecule has 0 fully saturated rings. The van der Waals surface area contributed by atoms with Gasteiger partial charge in [0.2, 0.25) is 0 Å². The molecule has 0 atom stereocenters. The van der Waals surface area contributed by atoms with Crippen LogP contribution in [0.25, 0.3) is 0 Å². The van der Waals surface area contributed by atoms with Gasteiger partial charge in [-0.3, -0.25) is 0 Å². The van der Waals surface area contributed by atoms with Crippen LogP contribution in [0.15, 0.2) is 12.1 Å². The summed E-state index contributed by atoms with van der Waals surface area (Å²) in [5.74, 6) is -8.36. The Morgan fingerprint density at radius 3 is 0.648 bits per heavy atom. The molecule has 0 aromatic heterocycles. The molecule has 1 aromatic carbocycles. The van der Waals surface area contributed by atoms with Gasteiger partial charge in [-0.1, -0.05) is 12.1 Å². The first-order valence-electron chi connectivity index (χ1n) is 17.1. The summed E-state index contributed by atoms with van der Waals surface area (Å²) in [6.45, 7) is 14.8. The Labute approximate surface area is 319 Å². The van der Waals surface area contributed by atoms with Crippen LogP contribution < -0.4 is 41.7 Å². The highest BCUT2D eigenvalue weighted by Crippen LogP contribution is 2.18. The number of methoxy groups -OCH3 is 8. The summed E-state index contributed by atoms with van der Waals surface area (Å²) in [5, 5.41) is 51.3. The van der Waals surface area contributed by atoms with Crippen molar-refractivity contribution >= 4 is 23.9 Å². The number of carboxylic acids is 4. The van der Waals surface area contributed by atoms with Crippen LogP contribution >= 0.6 is 0 Å². The van der Waals surface area contributed by atoms with E-state index in [1.807, 2.05) is 0 Å². The molecule has 0 aliphatic heterocycles. The second-order valence-electron chi connectivity index (χ2n) is 10.5. The van der Waals surface area contributed by atoms with Gasteiger partial charge in [-0.15, -0.1) is 0 Å². The van der Waals surface area contributed by atoms with Crippen LogP contribution in [0.3, 0.4) is 0 Å². The first kappa shape index (κ1) is 57.3. The molecule has 0 amide bonds. The Morgan fingerprint density at radius 2 is 0.537 bits per heavy atom. The van der Waals surface area contributed by atoms with E-state index in [4.69, 9.17) is 37.9 Å². The molecular weight excluding hydrogens is 720 g/mol. The number of carbonyl (C=O) groups is 4. The topological polar surface area (TPSA) is 301 Å². The van der Waals surface area contributed by atoms with Crippen molar-refractivity contribution in [3.8, 4) is 0 Å². The number of hydrogen-bond acceptors (Lipinski definition) is 16. The van der Waals surface area contributed by atoms with Crippen LogP contribution in [0.1, 0.15) is 41.4 Å². The van der Waals surface area contributed by atoms with E-state index in [-0.39, 0.29) is 0 Å². The van der Waals surface area contributed by atoms with Gasteiger partial charge in [-0.2, -0.15) is 0 Å². The van der Waals surface area contributed by atoms with E-state index in [2.05, 4.69) is 21.3 Å². The molecule has 8 N–H and O–H groups in total. The van der Waals surface area contributed by atoms with E-state index in [0.717, 1.165) is 105 Å². The average molecular weight is 787 g/mol. The zero-order valence-corrected chi connectivity index (χ0v) is 33.3. The van der Waals surface area contributed by atoms with E-state index in [1.165, 1.54) is 0 Å². The number of carbonyl (C=O) groups excluding carboxylic acids is 4. The highest BCUT2D eigenvalue weighted by atomic mass is 16.5. The van der Waals surface area contributed by atoms with Crippen molar-refractivity contribution in [3.05, 3.63) is 34.4 Å². The third kappa shape index (κ3) is 38.3. The average Bonchev–Trinajstić information content (AvgIpc) is 3.15. The normalized spacial score (nSPS) is 9.93. The van der Waals surface area contributed by atoms with Gasteiger partial charge in [0.25, 0.3) is 0 Å². The first-order valence-corrected chi connectivity index (χ1v) is 17.1. The maximum atomic E-state index is 10.7. The summed E-state index contributed by atoms with van der Waals surface area (Å²) in [6.07, 6.45) is 0. The summed E-state index contributed by atoms with van der Waals surface area (Å²) < 4.78 is 38.8. The first-order chi connectivity index (χ1) is 25.9. The Balaban J connectivity index is -0.000000303. The molecule has 0 spiro atoms. The molecule has 0 aliphatic rings. The number of nitrogens with two attached hydrogens (primary N) is 4. The molecule has 1 aromatic rings. The van der Waals surface area contributed by atoms with Crippen LogP contribution in [0.5, 0.6) is 0 Å². The smallest absolute Gasteiger partial charge is 0.0993 e. The van der Waals surface area contributed by atoms with Crippen molar-refractivity contribution in [3.63, 3.8) is 0 Å². The summed E-state index contributed by atoms with van der Waals surface area (Å²) in [5.41, 5.74) is -4.73. The van der Waals surface area contributed by atoms with Crippen LogP contribution in [0.2, 0.25) is 0 Å². The number of ether oxygens (including phenoxy) is 8. The summed E-state index contributed by atoms with van der Waals surface area (Å²) in [4.78, 5) is 42.6. The molecule has 0 saturated carbocycles. The predicted molar refractivity (Wildman–Crippen MR) is 185 cm³/mol.